The van der Waals surface area contributed by atoms with E-state index in [0.717, 1.165) is 12.8 Å². The molecule has 2 heterocycles. The van der Waals surface area contributed by atoms with Crippen LogP contribution in [0.5, 0.6) is 0 Å². The van der Waals surface area contributed by atoms with Gasteiger partial charge in [0.15, 0.2) is 9.84 Å². The molecule has 0 aliphatic carbocycles. The van der Waals surface area contributed by atoms with E-state index < -0.39 is 9.84 Å². The molecule has 0 aromatic heterocycles. The van der Waals surface area contributed by atoms with Crippen molar-refractivity contribution < 1.29 is 17.9 Å². The summed E-state index contributed by atoms with van der Waals surface area (Å²) < 4.78 is 28.9. The van der Waals surface area contributed by atoms with Gasteiger partial charge in [-0.15, -0.1) is 0 Å². The number of rotatable bonds is 5. The number of carbonyl (C=O) groups excluding carboxylic acids is 1. The minimum atomic E-state index is -2.90. The van der Waals surface area contributed by atoms with Crippen molar-refractivity contribution >= 4 is 15.6 Å². The summed E-state index contributed by atoms with van der Waals surface area (Å²) in [5, 5.41) is -0.496. The monoisotopic (exact) mass is 260 g/mol. The smallest absolute Gasteiger partial charge is 0.156 e. The van der Waals surface area contributed by atoms with Crippen molar-refractivity contribution in [3.63, 3.8) is 0 Å². The molecule has 0 spiro atoms. The maximum Gasteiger partial charge on any atom is 0.156 e. The first-order valence-electron chi connectivity index (χ1n) is 6.39. The zero-order chi connectivity index (χ0) is 12.5. The van der Waals surface area contributed by atoms with E-state index in [0.29, 0.717) is 32.5 Å². The fraction of sp³-hybridized carbons (Fsp3) is 0.917. The Kier molecular flexibility index (Phi) is 3.88. The number of ketones is 1. The Labute approximate surface area is 103 Å². The van der Waals surface area contributed by atoms with E-state index in [2.05, 4.69) is 0 Å². The molecule has 2 atom stereocenters. The Balaban J connectivity index is 1.92. The molecule has 2 rings (SSSR count). The van der Waals surface area contributed by atoms with E-state index in [4.69, 9.17) is 4.74 Å². The molecule has 2 unspecified atom stereocenters. The number of fused-ring (bicyclic) bond motifs is 2. The first-order chi connectivity index (χ1) is 8.05. The maximum absolute atomic E-state index is 11.9. The highest BCUT2D eigenvalue weighted by atomic mass is 32.2. The standard InChI is InChI=1S/C12H20O4S/c1-2-16-6-5-12(13)9-7-10-3-4-11(8-9)17(10,14)15/h9-11H,2-8H2,1H3. The van der Waals surface area contributed by atoms with Crippen LogP contribution in [-0.4, -0.2) is 37.9 Å². The molecule has 98 valence electrons. The quantitative estimate of drug-likeness (QED) is 0.700. The van der Waals surface area contributed by atoms with E-state index in [9.17, 15) is 13.2 Å². The van der Waals surface area contributed by atoms with E-state index in [1.165, 1.54) is 0 Å². The van der Waals surface area contributed by atoms with Crippen molar-refractivity contribution in [2.24, 2.45) is 5.92 Å². The zero-order valence-corrected chi connectivity index (χ0v) is 11.0. The summed E-state index contributed by atoms with van der Waals surface area (Å²) in [6, 6.07) is 0. The Morgan fingerprint density at radius 1 is 1.24 bits per heavy atom. The van der Waals surface area contributed by atoms with Crippen LogP contribution in [0.1, 0.15) is 39.0 Å². The van der Waals surface area contributed by atoms with Crippen LogP contribution < -0.4 is 0 Å². The van der Waals surface area contributed by atoms with Gasteiger partial charge in [-0.25, -0.2) is 8.42 Å². The van der Waals surface area contributed by atoms with Gasteiger partial charge in [0.25, 0.3) is 0 Å². The molecule has 0 saturated carbocycles. The van der Waals surface area contributed by atoms with Crippen LogP contribution in [0.25, 0.3) is 0 Å². The summed E-state index contributed by atoms with van der Waals surface area (Å²) in [6.45, 7) is 2.99. The highest BCUT2D eigenvalue weighted by Gasteiger charge is 2.48. The number of carbonyl (C=O) groups is 1. The van der Waals surface area contributed by atoms with Crippen molar-refractivity contribution in [2.75, 3.05) is 13.2 Å². The minimum Gasteiger partial charge on any atom is -0.381 e. The third kappa shape index (κ3) is 2.55. The van der Waals surface area contributed by atoms with Gasteiger partial charge in [-0.3, -0.25) is 4.79 Å². The molecule has 0 aromatic rings. The SMILES string of the molecule is CCOCCC(=O)C1CC2CCC(C1)S2(=O)=O. The fourth-order valence-electron chi connectivity index (χ4n) is 2.99. The van der Waals surface area contributed by atoms with Gasteiger partial charge in [0.05, 0.1) is 17.1 Å². The van der Waals surface area contributed by atoms with Gasteiger partial charge in [0, 0.05) is 18.9 Å². The van der Waals surface area contributed by atoms with Crippen LogP contribution in [0.2, 0.25) is 0 Å². The van der Waals surface area contributed by atoms with E-state index in [-0.39, 0.29) is 22.2 Å². The van der Waals surface area contributed by atoms with Crippen LogP contribution in [0, 0.1) is 5.92 Å². The lowest BCUT2D eigenvalue weighted by atomic mass is 9.93. The van der Waals surface area contributed by atoms with Crippen molar-refractivity contribution in [3.05, 3.63) is 0 Å². The molecule has 4 nitrogen and oxygen atoms in total. The lowest BCUT2D eigenvalue weighted by Gasteiger charge is -2.26. The second-order valence-electron chi connectivity index (χ2n) is 4.99. The third-order valence-corrected chi connectivity index (χ3v) is 6.70. The first kappa shape index (κ1) is 13.0. The molecule has 0 amide bonds. The summed E-state index contributed by atoms with van der Waals surface area (Å²) in [4.78, 5) is 11.9. The molecule has 17 heavy (non-hydrogen) atoms. The molecule has 2 bridgehead atoms. The van der Waals surface area contributed by atoms with Crippen LogP contribution in [0.15, 0.2) is 0 Å². The number of ether oxygens (including phenoxy) is 1. The Morgan fingerprint density at radius 3 is 2.35 bits per heavy atom. The maximum atomic E-state index is 11.9. The molecule has 0 aromatic carbocycles. The zero-order valence-electron chi connectivity index (χ0n) is 10.2. The number of sulfone groups is 1. The summed E-state index contributed by atoms with van der Waals surface area (Å²) >= 11 is 0. The second kappa shape index (κ2) is 5.06. The Hall–Kier alpha value is -0.420. The van der Waals surface area contributed by atoms with Gasteiger partial charge in [-0.2, -0.15) is 0 Å². The largest absolute Gasteiger partial charge is 0.381 e. The molecular formula is C12H20O4S. The average Bonchev–Trinajstić information content (AvgIpc) is 2.50. The van der Waals surface area contributed by atoms with Gasteiger partial charge in [0.2, 0.25) is 0 Å². The summed E-state index contributed by atoms with van der Waals surface area (Å²) in [5.41, 5.74) is 0. The predicted molar refractivity (Wildman–Crippen MR) is 64.6 cm³/mol. The Morgan fingerprint density at radius 2 is 1.82 bits per heavy atom. The van der Waals surface area contributed by atoms with E-state index in [1.54, 1.807) is 0 Å². The van der Waals surface area contributed by atoms with Crippen LogP contribution in [0.3, 0.4) is 0 Å². The highest BCUT2D eigenvalue weighted by molar-refractivity contribution is 7.93. The van der Waals surface area contributed by atoms with E-state index >= 15 is 0 Å². The fourth-order valence-corrected chi connectivity index (χ4v) is 5.47. The normalized spacial score (nSPS) is 34.8. The molecular weight excluding hydrogens is 240 g/mol. The molecule has 2 fully saturated rings. The lowest BCUT2D eigenvalue weighted by Crippen LogP contribution is -2.36. The van der Waals surface area contributed by atoms with Crippen molar-refractivity contribution in [2.45, 2.75) is 49.5 Å². The summed E-state index contributed by atoms with van der Waals surface area (Å²) in [6.07, 6.45) is 3.02. The van der Waals surface area contributed by atoms with Crippen LogP contribution in [-0.2, 0) is 19.4 Å². The van der Waals surface area contributed by atoms with Crippen LogP contribution in [0.4, 0.5) is 0 Å². The number of Topliss-reactive ketones (excluding diaryl/α,β-unsaturated/α-hetero) is 1. The Bertz CT molecular complexity index is 367. The second-order valence-corrected chi connectivity index (χ2v) is 7.50. The van der Waals surface area contributed by atoms with Crippen molar-refractivity contribution in [1.82, 2.24) is 0 Å². The average molecular weight is 260 g/mol. The third-order valence-electron chi connectivity index (χ3n) is 3.99. The van der Waals surface area contributed by atoms with Gasteiger partial charge in [-0.1, -0.05) is 0 Å². The molecule has 0 N–H and O–H groups in total. The van der Waals surface area contributed by atoms with E-state index in [1.807, 2.05) is 6.92 Å². The summed E-state index contributed by atoms with van der Waals surface area (Å²) in [5.74, 6) is 0.140. The van der Waals surface area contributed by atoms with Crippen molar-refractivity contribution in [3.8, 4) is 0 Å². The summed E-state index contributed by atoms with van der Waals surface area (Å²) in [7, 11) is -2.90. The van der Waals surface area contributed by atoms with Gasteiger partial charge >= 0.3 is 0 Å². The lowest BCUT2D eigenvalue weighted by molar-refractivity contribution is -0.124. The predicted octanol–water partition coefficient (Wildman–Crippen LogP) is 1.34. The minimum absolute atomic E-state index is 0.0449. The number of hydrogen-bond acceptors (Lipinski definition) is 4. The van der Waals surface area contributed by atoms with Gasteiger partial charge in [-0.05, 0) is 32.6 Å². The number of hydrogen-bond donors (Lipinski definition) is 0. The molecule has 2 aliphatic rings. The highest BCUT2D eigenvalue weighted by Crippen LogP contribution is 2.41. The topological polar surface area (TPSA) is 60.4 Å². The van der Waals surface area contributed by atoms with Crippen molar-refractivity contribution in [1.29, 1.82) is 0 Å². The first-order valence-corrected chi connectivity index (χ1v) is 7.99. The molecule has 2 saturated heterocycles. The molecule has 5 heteroatoms. The van der Waals surface area contributed by atoms with Gasteiger partial charge < -0.3 is 4.74 Å². The molecule has 0 radical (unpaired) electrons. The van der Waals surface area contributed by atoms with Gasteiger partial charge in [0.1, 0.15) is 5.78 Å². The molecule has 2 aliphatic heterocycles. The van der Waals surface area contributed by atoms with Crippen LogP contribution >= 0.6 is 0 Å².